The van der Waals surface area contributed by atoms with Crippen molar-refractivity contribution in [3.05, 3.63) is 0 Å². The summed E-state index contributed by atoms with van der Waals surface area (Å²) < 4.78 is 29.7. The van der Waals surface area contributed by atoms with Crippen molar-refractivity contribution < 1.29 is 17.2 Å². The largest absolute Gasteiger partial charge is 0.397 e. The third-order valence-electron chi connectivity index (χ3n) is 2.82. The van der Waals surface area contributed by atoms with Crippen LogP contribution in [0.3, 0.4) is 0 Å². The summed E-state index contributed by atoms with van der Waals surface area (Å²) in [6.07, 6.45) is 5.43. The van der Waals surface area contributed by atoms with E-state index in [1.165, 1.54) is 25.7 Å². The van der Waals surface area contributed by atoms with Crippen molar-refractivity contribution in [3.8, 4) is 0 Å². The summed E-state index contributed by atoms with van der Waals surface area (Å²) in [6, 6.07) is 0. The predicted octanol–water partition coefficient (Wildman–Crippen LogP) is 2.23. The lowest BCUT2D eigenvalue weighted by Gasteiger charge is -2.17. The second kappa shape index (κ2) is 11.0. The van der Waals surface area contributed by atoms with E-state index in [4.69, 9.17) is 10.3 Å². The van der Waals surface area contributed by atoms with E-state index >= 15 is 0 Å². The van der Waals surface area contributed by atoms with Crippen molar-refractivity contribution >= 4 is 10.4 Å². The van der Waals surface area contributed by atoms with Crippen molar-refractivity contribution in [2.75, 3.05) is 13.7 Å². The van der Waals surface area contributed by atoms with Gasteiger partial charge in [0.25, 0.3) is 0 Å². The minimum Gasteiger partial charge on any atom is -0.330 e. The first-order valence-electron chi connectivity index (χ1n) is 6.01. The van der Waals surface area contributed by atoms with Gasteiger partial charge in [-0.05, 0) is 18.4 Å². The fraction of sp³-hybridized carbons (Fsp3) is 1.00. The maximum Gasteiger partial charge on any atom is 0.397 e. The Labute approximate surface area is 106 Å². The van der Waals surface area contributed by atoms with E-state index < -0.39 is 10.4 Å². The van der Waals surface area contributed by atoms with Crippen LogP contribution in [0.2, 0.25) is 0 Å². The van der Waals surface area contributed by atoms with E-state index in [1.807, 2.05) is 0 Å². The topological polar surface area (TPSA) is 89.6 Å². The summed E-state index contributed by atoms with van der Waals surface area (Å²) in [5.74, 6) is 1.51. The van der Waals surface area contributed by atoms with Gasteiger partial charge in [-0.2, -0.15) is 8.42 Å². The van der Waals surface area contributed by atoms with Gasteiger partial charge in [0.15, 0.2) is 0 Å². The maximum atomic E-state index is 9.33. The molecule has 0 aliphatic carbocycles. The molecular formula is C11H27NO4S. The highest BCUT2D eigenvalue weighted by molar-refractivity contribution is 7.80. The first-order chi connectivity index (χ1) is 7.78. The zero-order valence-electron chi connectivity index (χ0n) is 11.3. The van der Waals surface area contributed by atoms with Gasteiger partial charge in [0.05, 0.1) is 7.11 Å². The molecule has 5 nitrogen and oxygen atoms in total. The standard InChI is InChI=1S/C10H23N.CH4O4S/c1-4-5-6-7-9(2)10(3)8-11;1-5-6(2,3)4/h9-10H,4-8,11H2,1-3H3;1H3,(H,2,3,4). The number of unbranched alkanes of at least 4 members (excludes halogenated alkanes) is 2. The van der Waals surface area contributed by atoms with Gasteiger partial charge in [-0.15, -0.1) is 0 Å². The number of rotatable bonds is 7. The van der Waals surface area contributed by atoms with Gasteiger partial charge >= 0.3 is 10.4 Å². The summed E-state index contributed by atoms with van der Waals surface area (Å²) >= 11 is 0. The molecule has 0 amide bonds. The molecule has 0 spiro atoms. The minimum absolute atomic E-state index is 0.701. The fourth-order valence-corrected chi connectivity index (χ4v) is 1.23. The van der Waals surface area contributed by atoms with Crippen molar-refractivity contribution in [2.24, 2.45) is 17.6 Å². The van der Waals surface area contributed by atoms with Crippen LogP contribution in [0.5, 0.6) is 0 Å². The van der Waals surface area contributed by atoms with Gasteiger partial charge in [0.1, 0.15) is 0 Å². The van der Waals surface area contributed by atoms with E-state index in [2.05, 4.69) is 25.0 Å². The van der Waals surface area contributed by atoms with Crippen LogP contribution in [0, 0.1) is 11.8 Å². The average molecular weight is 269 g/mol. The Morgan fingerprint density at radius 2 is 1.71 bits per heavy atom. The molecule has 0 saturated carbocycles. The highest BCUT2D eigenvalue weighted by Crippen LogP contribution is 2.16. The zero-order chi connectivity index (χ0) is 13.9. The third-order valence-corrected chi connectivity index (χ3v) is 3.24. The van der Waals surface area contributed by atoms with E-state index in [-0.39, 0.29) is 0 Å². The summed E-state index contributed by atoms with van der Waals surface area (Å²) in [6.45, 7) is 7.65. The number of hydrogen-bond acceptors (Lipinski definition) is 4. The van der Waals surface area contributed by atoms with Gasteiger partial charge in [-0.25, -0.2) is 0 Å². The summed E-state index contributed by atoms with van der Waals surface area (Å²) in [5.41, 5.74) is 5.58. The Bertz CT molecular complexity index is 254. The molecule has 0 aliphatic heterocycles. The van der Waals surface area contributed by atoms with Gasteiger partial charge in [0, 0.05) is 0 Å². The summed E-state index contributed by atoms with van der Waals surface area (Å²) in [4.78, 5) is 0. The highest BCUT2D eigenvalue weighted by atomic mass is 32.3. The lowest BCUT2D eigenvalue weighted by Crippen LogP contribution is -2.18. The van der Waals surface area contributed by atoms with E-state index in [0.717, 1.165) is 19.6 Å². The van der Waals surface area contributed by atoms with Crippen molar-refractivity contribution in [3.63, 3.8) is 0 Å². The van der Waals surface area contributed by atoms with E-state index in [0.29, 0.717) is 5.92 Å². The molecular weight excluding hydrogens is 242 g/mol. The maximum absolute atomic E-state index is 9.33. The molecule has 0 aromatic rings. The monoisotopic (exact) mass is 269 g/mol. The van der Waals surface area contributed by atoms with Crippen LogP contribution in [-0.4, -0.2) is 26.6 Å². The van der Waals surface area contributed by atoms with E-state index in [9.17, 15) is 8.42 Å². The summed E-state index contributed by atoms with van der Waals surface area (Å²) in [5, 5.41) is 0. The second-order valence-electron chi connectivity index (χ2n) is 4.28. The molecule has 0 aliphatic rings. The molecule has 0 rings (SSSR count). The van der Waals surface area contributed by atoms with Gasteiger partial charge in [-0.1, -0.05) is 46.5 Å². The summed E-state index contributed by atoms with van der Waals surface area (Å²) in [7, 11) is -3.29. The van der Waals surface area contributed by atoms with Crippen LogP contribution in [0.4, 0.5) is 0 Å². The number of nitrogens with two attached hydrogens (primary N) is 1. The molecule has 17 heavy (non-hydrogen) atoms. The Morgan fingerprint density at radius 3 is 2.00 bits per heavy atom. The smallest absolute Gasteiger partial charge is 0.330 e. The van der Waals surface area contributed by atoms with Crippen LogP contribution < -0.4 is 5.73 Å². The predicted molar refractivity (Wildman–Crippen MR) is 70.1 cm³/mol. The Hall–Kier alpha value is -0.170. The second-order valence-corrected chi connectivity index (χ2v) is 5.47. The van der Waals surface area contributed by atoms with Crippen LogP contribution in [-0.2, 0) is 14.6 Å². The zero-order valence-corrected chi connectivity index (χ0v) is 12.2. The molecule has 0 heterocycles. The van der Waals surface area contributed by atoms with Crippen molar-refractivity contribution in [2.45, 2.75) is 46.5 Å². The van der Waals surface area contributed by atoms with Gasteiger partial charge in [-0.3, -0.25) is 8.74 Å². The van der Waals surface area contributed by atoms with Crippen molar-refractivity contribution in [1.82, 2.24) is 0 Å². The molecule has 0 radical (unpaired) electrons. The molecule has 0 fully saturated rings. The SMILES string of the molecule is CCCCCC(C)C(C)CN.COS(=O)(=O)O. The minimum atomic E-state index is -4.16. The van der Waals surface area contributed by atoms with Crippen LogP contribution in [0.25, 0.3) is 0 Å². The average Bonchev–Trinajstić information content (AvgIpc) is 2.28. The fourth-order valence-electron chi connectivity index (χ4n) is 1.23. The Morgan fingerprint density at radius 1 is 1.24 bits per heavy atom. The molecule has 0 saturated heterocycles. The first-order valence-corrected chi connectivity index (χ1v) is 7.38. The van der Waals surface area contributed by atoms with Gasteiger partial charge < -0.3 is 5.73 Å². The van der Waals surface area contributed by atoms with Gasteiger partial charge in [0.2, 0.25) is 0 Å². The quantitative estimate of drug-likeness (QED) is 0.546. The molecule has 2 unspecified atom stereocenters. The third kappa shape index (κ3) is 15.8. The van der Waals surface area contributed by atoms with Crippen LogP contribution in [0.15, 0.2) is 0 Å². The Balaban J connectivity index is 0. The molecule has 106 valence electrons. The highest BCUT2D eigenvalue weighted by Gasteiger charge is 2.08. The van der Waals surface area contributed by atoms with E-state index in [1.54, 1.807) is 0 Å². The normalized spacial score (nSPS) is 14.7. The molecule has 2 atom stereocenters. The Kier molecular flexibility index (Phi) is 12.4. The molecule has 0 aromatic carbocycles. The lowest BCUT2D eigenvalue weighted by molar-refractivity contribution is 0.324. The molecule has 0 bridgehead atoms. The van der Waals surface area contributed by atoms with Crippen LogP contribution >= 0.6 is 0 Å². The number of hydrogen-bond donors (Lipinski definition) is 2. The lowest BCUT2D eigenvalue weighted by atomic mass is 9.91. The molecule has 6 heteroatoms. The first kappa shape index (κ1) is 19.2. The van der Waals surface area contributed by atoms with Crippen LogP contribution in [0.1, 0.15) is 46.5 Å². The van der Waals surface area contributed by atoms with Crippen molar-refractivity contribution in [1.29, 1.82) is 0 Å². The molecule has 0 aromatic heterocycles. The molecule has 3 N–H and O–H groups in total.